The molecule has 0 aromatic carbocycles. The molecule has 1 N–H and O–H groups in total. The van der Waals surface area contributed by atoms with Gasteiger partial charge in [-0.15, -0.1) is 0 Å². The topological polar surface area (TPSA) is 99.2 Å². The Kier molecular flexibility index (Phi) is 89.2. The zero-order valence-electron chi connectivity index (χ0n) is 4.04. The zero-order valence-corrected chi connectivity index (χ0v) is 8.84. The van der Waals surface area contributed by atoms with Gasteiger partial charge in [-0.2, -0.15) is 0 Å². The van der Waals surface area contributed by atoms with Gasteiger partial charge in [-0.25, -0.2) is 0 Å². The molecule has 0 bridgehead atoms. The van der Waals surface area contributed by atoms with E-state index in [2.05, 4.69) is 0 Å². The van der Waals surface area contributed by atoms with Crippen LogP contribution in [-0.4, -0.2) is 73.6 Å². The molecule has 8 heavy (non-hydrogen) atoms. The van der Waals surface area contributed by atoms with Gasteiger partial charge in [0.05, 0.1) is 0 Å². The van der Waals surface area contributed by atoms with Crippen LogP contribution in [0, 0.1) is 0 Å². The Labute approximate surface area is 104 Å². The van der Waals surface area contributed by atoms with Gasteiger partial charge in [0.2, 0.25) is 0 Å². The van der Waals surface area contributed by atoms with Crippen molar-refractivity contribution >= 4 is 68.1 Å². The molecule has 0 unspecified atom stereocenters. The third-order valence-electron chi connectivity index (χ3n) is 0. The molecular formula is HBCaMgMnO4+2. The van der Waals surface area contributed by atoms with E-state index in [1.54, 1.807) is 0 Å². The third-order valence-corrected chi connectivity index (χ3v) is 0. The first-order chi connectivity index (χ1) is 1.73. The van der Waals surface area contributed by atoms with Crippen molar-refractivity contribution in [3.05, 3.63) is 0 Å². The molecule has 0 heterocycles. The summed E-state index contributed by atoms with van der Waals surface area (Å²) in [7, 11) is -2.92. The van der Waals surface area contributed by atoms with Crippen LogP contribution in [0.15, 0.2) is 0 Å². The first-order valence-corrected chi connectivity index (χ1v) is 0.707. The van der Waals surface area contributed by atoms with E-state index in [-0.39, 0.29) is 83.3 Å². The molecule has 0 spiro atoms. The summed E-state index contributed by atoms with van der Waals surface area (Å²) in [4.78, 5) is 0. The van der Waals surface area contributed by atoms with E-state index < -0.39 is 7.32 Å². The van der Waals surface area contributed by atoms with E-state index in [1.165, 1.54) is 0 Å². The second kappa shape index (κ2) is 22.7. The van der Waals surface area contributed by atoms with E-state index in [9.17, 15) is 0 Å². The SMILES string of the molecule is [Ca+2].[Mg+2].[Mn+2].[O-]B([O-])[O-].[OH-]. The number of rotatable bonds is 0. The Morgan fingerprint density at radius 2 is 1.00 bits per heavy atom. The summed E-state index contributed by atoms with van der Waals surface area (Å²) in [5.41, 5.74) is 0. The standard InChI is InChI=1S/BO3.Ca.Mg.Mn.H2O/c2-1(3)4;;;;/h;;;;1H2/q-3;3*+2;/p-1. The van der Waals surface area contributed by atoms with Gasteiger partial charge in [-0.05, 0) is 0 Å². The first kappa shape index (κ1) is 31.4. The van der Waals surface area contributed by atoms with Gasteiger partial charge in [-0.1, -0.05) is 0 Å². The van der Waals surface area contributed by atoms with E-state index in [4.69, 9.17) is 15.1 Å². The van der Waals surface area contributed by atoms with Crippen molar-refractivity contribution in [2.45, 2.75) is 0 Å². The summed E-state index contributed by atoms with van der Waals surface area (Å²) >= 11 is 0. The molecule has 0 saturated heterocycles. The first-order valence-electron chi connectivity index (χ1n) is 0.707. The van der Waals surface area contributed by atoms with Gasteiger partial charge in [-0.3, -0.25) is 7.32 Å². The van der Waals surface area contributed by atoms with Crippen molar-refractivity contribution in [3.8, 4) is 0 Å². The summed E-state index contributed by atoms with van der Waals surface area (Å²) in [5.74, 6) is 0. The molecule has 8 heteroatoms. The fraction of sp³-hybridized carbons (Fsp3) is 0. The molecule has 0 amide bonds. The van der Waals surface area contributed by atoms with Gasteiger partial charge >= 0.3 is 77.9 Å². The van der Waals surface area contributed by atoms with Crippen molar-refractivity contribution in [1.29, 1.82) is 0 Å². The van der Waals surface area contributed by atoms with Gasteiger partial charge in [0.1, 0.15) is 0 Å². The Hall–Kier alpha value is 2.45. The molecule has 0 rings (SSSR count). The summed E-state index contributed by atoms with van der Waals surface area (Å²) in [6.45, 7) is 0. The minimum absolute atomic E-state index is 0. The van der Waals surface area contributed by atoms with E-state index in [0.717, 1.165) is 0 Å². The van der Waals surface area contributed by atoms with Crippen molar-refractivity contribution in [1.82, 2.24) is 0 Å². The molecule has 0 aromatic rings. The second-order valence-electron chi connectivity index (χ2n) is 0.289. The molecule has 0 saturated carbocycles. The van der Waals surface area contributed by atoms with Crippen LogP contribution < -0.4 is 15.1 Å². The van der Waals surface area contributed by atoms with Crippen LogP contribution in [0.5, 0.6) is 0 Å². The summed E-state index contributed by atoms with van der Waals surface area (Å²) in [6, 6.07) is 0. The Morgan fingerprint density at radius 1 is 1.00 bits per heavy atom. The van der Waals surface area contributed by atoms with E-state index in [0.29, 0.717) is 0 Å². The molecule has 0 atom stereocenters. The van der Waals surface area contributed by atoms with Gasteiger partial charge < -0.3 is 20.5 Å². The Balaban J connectivity index is -0.00000000750. The largest absolute Gasteiger partial charge is 2.00 e. The van der Waals surface area contributed by atoms with E-state index in [1.807, 2.05) is 0 Å². The van der Waals surface area contributed by atoms with E-state index >= 15 is 0 Å². The number of hydrogen-bond donors (Lipinski definition) is 0. The minimum atomic E-state index is -2.92. The fourth-order valence-electron chi connectivity index (χ4n) is 0. The average molecular weight is 195 g/mol. The van der Waals surface area contributed by atoms with Crippen molar-refractivity contribution < 1.29 is 37.6 Å². The molecule has 0 aliphatic carbocycles. The third kappa shape index (κ3) is 78.1. The predicted octanol–water partition coefficient (Wildman–Crippen LogP) is -4.89. The molecule has 37 valence electrons. The molecular weight excluding hydrogens is 194 g/mol. The van der Waals surface area contributed by atoms with Crippen LogP contribution in [0.3, 0.4) is 0 Å². The van der Waals surface area contributed by atoms with Crippen molar-refractivity contribution in [3.63, 3.8) is 0 Å². The van der Waals surface area contributed by atoms with Crippen LogP contribution in [0.25, 0.3) is 0 Å². The van der Waals surface area contributed by atoms with Crippen molar-refractivity contribution in [2.75, 3.05) is 0 Å². The minimum Gasteiger partial charge on any atom is -0.907 e. The maximum absolute atomic E-state index is 8.42. The summed E-state index contributed by atoms with van der Waals surface area (Å²) in [5, 5.41) is 25.2. The summed E-state index contributed by atoms with van der Waals surface area (Å²) in [6.07, 6.45) is 0. The quantitative estimate of drug-likeness (QED) is 0.362. The smallest absolute Gasteiger partial charge is 0.907 e. The van der Waals surface area contributed by atoms with Gasteiger partial charge in [0.25, 0.3) is 0 Å². The summed E-state index contributed by atoms with van der Waals surface area (Å²) < 4.78 is 0. The maximum atomic E-state index is 8.42. The van der Waals surface area contributed by atoms with Crippen LogP contribution >= 0.6 is 0 Å². The second-order valence-corrected chi connectivity index (χ2v) is 0.289. The zero-order chi connectivity index (χ0) is 3.58. The predicted molar refractivity (Wildman–Crippen MR) is 19.2 cm³/mol. The molecule has 4 nitrogen and oxygen atoms in total. The Bertz CT molecular complexity index is 20.8. The molecule has 0 fully saturated rings. The Morgan fingerprint density at radius 3 is 1.00 bits per heavy atom. The molecule has 0 aliphatic heterocycles. The molecule has 0 aromatic heterocycles. The van der Waals surface area contributed by atoms with Gasteiger partial charge in [0.15, 0.2) is 0 Å². The van der Waals surface area contributed by atoms with Crippen LogP contribution in [0.4, 0.5) is 0 Å². The van der Waals surface area contributed by atoms with Crippen LogP contribution in [0.1, 0.15) is 0 Å². The maximum Gasteiger partial charge on any atom is 2.00 e. The molecule has 1 radical (unpaired) electrons. The average Bonchev–Trinajstić information content (AvgIpc) is 0.811. The fourth-order valence-corrected chi connectivity index (χ4v) is 0. The number of hydrogen-bond acceptors (Lipinski definition) is 4. The van der Waals surface area contributed by atoms with Crippen molar-refractivity contribution in [2.24, 2.45) is 0 Å². The van der Waals surface area contributed by atoms with Crippen LogP contribution in [-0.2, 0) is 17.1 Å². The van der Waals surface area contributed by atoms with Crippen LogP contribution in [0.2, 0.25) is 0 Å². The normalized spacial score (nSPS) is 3.38. The monoisotopic (exact) mass is 195 g/mol. The molecule has 0 aliphatic rings. The van der Waals surface area contributed by atoms with Gasteiger partial charge in [0, 0.05) is 0 Å².